The van der Waals surface area contributed by atoms with Crippen molar-refractivity contribution in [3.05, 3.63) is 24.3 Å². The van der Waals surface area contributed by atoms with Gasteiger partial charge in [0.2, 0.25) is 0 Å². The molecule has 14 heavy (non-hydrogen) atoms. The standard InChI is InChI=1S/C13H23N/c1-5-14(4)12(3)13-8-6-7-11(2)9-10-13/h6-7,9-13H,5,8H2,1-4H3. The van der Waals surface area contributed by atoms with E-state index in [1.165, 1.54) is 6.42 Å². The van der Waals surface area contributed by atoms with Gasteiger partial charge >= 0.3 is 0 Å². The summed E-state index contributed by atoms with van der Waals surface area (Å²) in [6.07, 6.45) is 10.5. The molecular formula is C13H23N. The van der Waals surface area contributed by atoms with Crippen LogP contribution in [0.4, 0.5) is 0 Å². The monoisotopic (exact) mass is 193 g/mol. The Morgan fingerprint density at radius 3 is 2.71 bits per heavy atom. The molecule has 1 heteroatoms. The fourth-order valence-corrected chi connectivity index (χ4v) is 1.88. The quantitative estimate of drug-likeness (QED) is 0.623. The van der Waals surface area contributed by atoms with Crippen LogP contribution < -0.4 is 0 Å². The van der Waals surface area contributed by atoms with Crippen LogP contribution in [0.5, 0.6) is 0 Å². The molecule has 0 aromatic heterocycles. The van der Waals surface area contributed by atoms with Gasteiger partial charge in [0.25, 0.3) is 0 Å². The molecule has 1 aliphatic rings. The Bertz CT molecular complexity index is 217. The summed E-state index contributed by atoms with van der Waals surface area (Å²) in [7, 11) is 2.20. The van der Waals surface area contributed by atoms with Crippen molar-refractivity contribution in [1.29, 1.82) is 0 Å². The molecule has 0 saturated carbocycles. The highest BCUT2D eigenvalue weighted by Gasteiger charge is 2.17. The van der Waals surface area contributed by atoms with Gasteiger partial charge in [0.05, 0.1) is 0 Å². The Hall–Kier alpha value is -0.560. The first kappa shape index (κ1) is 11.5. The first-order valence-electron chi connectivity index (χ1n) is 5.70. The van der Waals surface area contributed by atoms with E-state index in [-0.39, 0.29) is 0 Å². The topological polar surface area (TPSA) is 3.24 Å². The molecule has 80 valence electrons. The Morgan fingerprint density at radius 1 is 1.36 bits per heavy atom. The second-order valence-corrected chi connectivity index (χ2v) is 4.39. The van der Waals surface area contributed by atoms with Crippen molar-refractivity contribution in [2.45, 2.75) is 33.2 Å². The molecule has 1 nitrogen and oxygen atoms in total. The fourth-order valence-electron chi connectivity index (χ4n) is 1.88. The van der Waals surface area contributed by atoms with Crippen molar-refractivity contribution in [2.75, 3.05) is 13.6 Å². The molecule has 0 aromatic carbocycles. The maximum atomic E-state index is 2.42. The fraction of sp³-hybridized carbons (Fsp3) is 0.692. The molecule has 0 radical (unpaired) electrons. The molecular weight excluding hydrogens is 170 g/mol. The molecule has 0 aromatic rings. The molecule has 1 aliphatic carbocycles. The van der Waals surface area contributed by atoms with E-state index in [2.05, 4.69) is 57.0 Å². The lowest BCUT2D eigenvalue weighted by atomic mass is 9.96. The highest BCUT2D eigenvalue weighted by atomic mass is 15.1. The Kier molecular flexibility index (Phi) is 4.40. The van der Waals surface area contributed by atoms with E-state index in [1.54, 1.807) is 0 Å². The molecule has 0 fully saturated rings. The van der Waals surface area contributed by atoms with Gasteiger partial charge in [-0.25, -0.2) is 0 Å². The highest BCUT2D eigenvalue weighted by Crippen LogP contribution is 2.20. The number of hydrogen-bond acceptors (Lipinski definition) is 1. The Labute approximate surface area is 88.5 Å². The van der Waals surface area contributed by atoms with Crippen LogP contribution in [0.25, 0.3) is 0 Å². The lowest BCUT2D eigenvalue weighted by Crippen LogP contribution is -2.34. The minimum absolute atomic E-state index is 0.610. The van der Waals surface area contributed by atoms with E-state index in [0.29, 0.717) is 17.9 Å². The van der Waals surface area contributed by atoms with Gasteiger partial charge in [-0.2, -0.15) is 0 Å². The summed E-state index contributed by atoms with van der Waals surface area (Å²) in [6, 6.07) is 0.645. The summed E-state index contributed by atoms with van der Waals surface area (Å²) in [6.45, 7) is 7.91. The molecule has 0 heterocycles. The van der Waals surface area contributed by atoms with Crippen LogP contribution in [0.15, 0.2) is 24.3 Å². The number of allylic oxidation sites excluding steroid dienone is 3. The van der Waals surface area contributed by atoms with Crippen LogP contribution in [0.2, 0.25) is 0 Å². The van der Waals surface area contributed by atoms with Gasteiger partial charge < -0.3 is 4.90 Å². The maximum absolute atomic E-state index is 2.42. The zero-order valence-corrected chi connectivity index (χ0v) is 9.90. The molecule has 0 aliphatic heterocycles. The van der Waals surface area contributed by atoms with E-state index in [4.69, 9.17) is 0 Å². The van der Waals surface area contributed by atoms with Crippen molar-refractivity contribution in [2.24, 2.45) is 11.8 Å². The summed E-state index contributed by atoms with van der Waals surface area (Å²) in [5.41, 5.74) is 0. The molecule has 0 bridgehead atoms. The van der Waals surface area contributed by atoms with Gasteiger partial charge in [-0.05, 0) is 38.8 Å². The second-order valence-electron chi connectivity index (χ2n) is 4.39. The molecule has 3 atom stereocenters. The largest absolute Gasteiger partial charge is 0.303 e. The third kappa shape index (κ3) is 2.98. The molecule has 0 N–H and O–H groups in total. The van der Waals surface area contributed by atoms with Crippen molar-refractivity contribution in [3.8, 4) is 0 Å². The SMILES string of the molecule is CCN(C)C(C)C1C=CC(C)C=CC1. The van der Waals surface area contributed by atoms with E-state index >= 15 is 0 Å². The van der Waals surface area contributed by atoms with Crippen LogP contribution in [0, 0.1) is 11.8 Å². The van der Waals surface area contributed by atoms with Crippen LogP contribution in [-0.2, 0) is 0 Å². The first-order valence-corrected chi connectivity index (χ1v) is 5.70. The average Bonchev–Trinajstić information content (AvgIpc) is 2.40. The van der Waals surface area contributed by atoms with Gasteiger partial charge in [0.1, 0.15) is 0 Å². The van der Waals surface area contributed by atoms with Gasteiger partial charge in [-0.15, -0.1) is 0 Å². The van der Waals surface area contributed by atoms with E-state index in [9.17, 15) is 0 Å². The summed E-state index contributed by atoms with van der Waals surface area (Å²) in [5.74, 6) is 1.29. The van der Waals surface area contributed by atoms with Crippen molar-refractivity contribution in [1.82, 2.24) is 4.90 Å². The normalized spacial score (nSPS) is 29.2. The maximum Gasteiger partial charge on any atom is 0.0129 e. The summed E-state index contributed by atoms with van der Waals surface area (Å²) < 4.78 is 0. The molecule has 1 rings (SSSR count). The van der Waals surface area contributed by atoms with Gasteiger partial charge in [0.15, 0.2) is 0 Å². The summed E-state index contributed by atoms with van der Waals surface area (Å²) >= 11 is 0. The summed E-state index contributed by atoms with van der Waals surface area (Å²) in [4.78, 5) is 2.42. The molecule has 0 spiro atoms. The lowest BCUT2D eigenvalue weighted by Gasteiger charge is -2.28. The second kappa shape index (κ2) is 5.35. The van der Waals surface area contributed by atoms with Crippen molar-refractivity contribution >= 4 is 0 Å². The van der Waals surface area contributed by atoms with Crippen molar-refractivity contribution < 1.29 is 0 Å². The molecule has 0 saturated heterocycles. The minimum atomic E-state index is 0.610. The molecule has 0 amide bonds. The lowest BCUT2D eigenvalue weighted by molar-refractivity contribution is 0.224. The van der Waals surface area contributed by atoms with Gasteiger partial charge in [-0.3, -0.25) is 0 Å². The van der Waals surface area contributed by atoms with E-state index in [0.717, 1.165) is 6.54 Å². The van der Waals surface area contributed by atoms with Crippen molar-refractivity contribution in [3.63, 3.8) is 0 Å². The Balaban J connectivity index is 2.60. The van der Waals surface area contributed by atoms with Crippen LogP contribution >= 0.6 is 0 Å². The molecule has 3 unspecified atom stereocenters. The third-order valence-corrected chi connectivity index (χ3v) is 3.32. The van der Waals surface area contributed by atoms with Gasteiger partial charge in [0, 0.05) is 6.04 Å². The van der Waals surface area contributed by atoms with E-state index in [1.807, 2.05) is 0 Å². The summed E-state index contributed by atoms with van der Waals surface area (Å²) in [5, 5.41) is 0. The van der Waals surface area contributed by atoms with Crippen LogP contribution in [0.1, 0.15) is 27.2 Å². The highest BCUT2D eigenvalue weighted by molar-refractivity contribution is 5.08. The Morgan fingerprint density at radius 2 is 2.07 bits per heavy atom. The zero-order valence-electron chi connectivity index (χ0n) is 9.90. The number of rotatable bonds is 3. The smallest absolute Gasteiger partial charge is 0.0129 e. The first-order chi connectivity index (χ1) is 6.65. The predicted octanol–water partition coefficient (Wildman–Crippen LogP) is 3.10. The van der Waals surface area contributed by atoms with E-state index < -0.39 is 0 Å². The van der Waals surface area contributed by atoms with Crippen LogP contribution in [0.3, 0.4) is 0 Å². The third-order valence-electron chi connectivity index (χ3n) is 3.32. The van der Waals surface area contributed by atoms with Gasteiger partial charge in [-0.1, -0.05) is 38.2 Å². The predicted molar refractivity (Wildman–Crippen MR) is 63.3 cm³/mol. The average molecular weight is 193 g/mol. The van der Waals surface area contributed by atoms with Crippen LogP contribution in [-0.4, -0.2) is 24.5 Å². The zero-order chi connectivity index (χ0) is 10.6. The number of nitrogens with zero attached hydrogens (tertiary/aromatic N) is 1. The number of hydrogen-bond donors (Lipinski definition) is 0. The minimum Gasteiger partial charge on any atom is -0.303 e.